The number of pyridine rings is 1. The Morgan fingerprint density at radius 2 is 2.17 bits per heavy atom. The van der Waals surface area contributed by atoms with Crippen molar-refractivity contribution in [3.05, 3.63) is 53.1 Å². The average Bonchev–Trinajstić information content (AvgIpc) is 2.37. The number of halogens is 2. The molecule has 0 aliphatic carbocycles. The van der Waals surface area contributed by atoms with Gasteiger partial charge in [0.1, 0.15) is 11.6 Å². The lowest BCUT2D eigenvalue weighted by Gasteiger charge is -2.09. The Morgan fingerprint density at radius 3 is 2.89 bits per heavy atom. The molecule has 0 aliphatic rings. The first-order valence-corrected chi connectivity index (χ1v) is 5.82. The molecule has 0 unspecified atom stereocenters. The molecular weight excluding hydrogens is 255 g/mol. The molecule has 0 bridgehead atoms. The summed E-state index contributed by atoms with van der Waals surface area (Å²) in [6, 6.07) is 8.17. The maximum Gasteiger partial charge on any atom is 0.145 e. The fraction of sp³-hybridized carbons (Fsp3) is 0.154. The quantitative estimate of drug-likeness (QED) is 0.865. The molecular formula is C13H12ClFN2O. The van der Waals surface area contributed by atoms with Crippen LogP contribution in [0.25, 0.3) is 0 Å². The van der Waals surface area contributed by atoms with Gasteiger partial charge in [0.05, 0.1) is 17.3 Å². The monoisotopic (exact) mass is 266 g/mol. The zero-order valence-electron chi connectivity index (χ0n) is 9.57. The number of hydrogen-bond donors (Lipinski definition) is 1. The fourth-order valence-corrected chi connectivity index (χ4v) is 1.65. The lowest BCUT2D eigenvalue weighted by atomic mass is 10.2. The van der Waals surface area contributed by atoms with E-state index in [4.69, 9.17) is 22.1 Å². The summed E-state index contributed by atoms with van der Waals surface area (Å²) in [6.07, 6.45) is 2.34. The van der Waals surface area contributed by atoms with Gasteiger partial charge in [0, 0.05) is 24.4 Å². The van der Waals surface area contributed by atoms with E-state index in [1.807, 2.05) is 18.2 Å². The highest BCUT2D eigenvalue weighted by molar-refractivity contribution is 6.31. The number of nitrogens with zero attached hydrogens (tertiary/aromatic N) is 1. The number of rotatable bonds is 4. The van der Waals surface area contributed by atoms with Crippen molar-refractivity contribution in [1.82, 2.24) is 4.98 Å². The Bertz CT molecular complexity index is 534. The van der Waals surface area contributed by atoms with Gasteiger partial charge in [0.15, 0.2) is 0 Å². The minimum atomic E-state index is -0.543. The first-order chi connectivity index (χ1) is 8.66. The van der Waals surface area contributed by atoms with Crippen LogP contribution in [0.4, 0.5) is 10.1 Å². The van der Waals surface area contributed by atoms with Gasteiger partial charge >= 0.3 is 0 Å². The van der Waals surface area contributed by atoms with Crippen molar-refractivity contribution in [3.8, 4) is 5.75 Å². The van der Waals surface area contributed by atoms with E-state index in [0.717, 1.165) is 5.69 Å². The third-order valence-electron chi connectivity index (χ3n) is 2.39. The van der Waals surface area contributed by atoms with E-state index in [1.165, 1.54) is 12.1 Å². The van der Waals surface area contributed by atoms with Crippen LogP contribution in [-0.4, -0.2) is 11.6 Å². The van der Waals surface area contributed by atoms with Crippen molar-refractivity contribution < 1.29 is 9.13 Å². The van der Waals surface area contributed by atoms with E-state index in [9.17, 15) is 4.39 Å². The van der Waals surface area contributed by atoms with Crippen molar-refractivity contribution in [2.75, 3.05) is 12.3 Å². The Balaban J connectivity index is 1.97. The van der Waals surface area contributed by atoms with Gasteiger partial charge in [-0.1, -0.05) is 17.7 Å². The molecule has 0 atom stereocenters. The summed E-state index contributed by atoms with van der Waals surface area (Å²) in [4.78, 5) is 4.16. The molecule has 1 aromatic carbocycles. The number of anilines is 1. The highest BCUT2D eigenvalue weighted by Crippen LogP contribution is 2.28. The third kappa shape index (κ3) is 3.11. The van der Waals surface area contributed by atoms with Gasteiger partial charge in [-0.2, -0.15) is 0 Å². The number of hydrogen-bond acceptors (Lipinski definition) is 3. The molecule has 3 nitrogen and oxygen atoms in total. The van der Waals surface area contributed by atoms with Gasteiger partial charge in [0.25, 0.3) is 0 Å². The van der Waals surface area contributed by atoms with E-state index in [2.05, 4.69) is 4.98 Å². The lowest BCUT2D eigenvalue weighted by molar-refractivity contribution is 0.320. The highest BCUT2D eigenvalue weighted by Gasteiger charge is 2.07. The summed E-state index contributed by atoms with van der Waals surface area (Å²) in [5.74, 6) is -0.244. The third-order valence-corrected chi connectivity index (χ3v) is 2.68. The second-order valence-corrected chi connectivity index (χ2v) is 4.13. The minimum Gasteiger partial charge on any atom is -0.491 e. The molecule has 1 heterocycles. The molecule has 5 heteroatoms. The normalized spacial score (nSPS) is 10.3. The SMILES string of the molecule is Nc1cc(Cl)c(F)cc1OCCc1ccccn1. The van der Waals surface area contributed by atoms with Crippen LogP contribution in [0.2, 0.25) is 5.02 Å². The maximum absolute atomic E-state index is 13.2. The van der Waals surface area contributed by atoms with Gasteiger partial charge in [-0.05, 0) is 18.2 Å². The Hall–Kier alpha value is -1.81. The van der Waals surface area contributed by atoms with E-state index in [-0.39, 0.29) is 5.02 Å². The minimum absolute atomic E-state index is 0.00965. The van der Waals surface area contributed by atoms with Gasteiger partial charge < -0.3 is 10.5 Å². The molecule has 2 aromatic rings. The average molecular weight is 267 g/mol. The summed E-state index contributed by atoms with van der Waals surface area (Å²) >= 11 is 5.60. The zero-order valence-corrected chi connectivity index (χ0v) is 10.3. The van der Waals surface area contributed by atoms with Crippen LogP contribution in [0.3, 0.4) is 0 Å². The Labute approximate surface area is 109 Å². The van der Waals surface area contributed by atoms with Crippen molar-refractivity contribution >= 4 is 17.3 Å². The standard InChI is InChI=1S/C13H12ClFN2O/c14-10-7-12(16)13(8-11(10)15)18-6-4-9-3-1-2-5-17-9/h1-3,5,7-8H,4,6,16H2. The summed E-state index contributed by atoms with van der Waals surface area (Å²) in [7, 11) is 0. The van der Waals surface area contributed by atoms with E-state index in [1.54, 1.807) is 6.20 Å². The van der Waals surface area contributed by atoms with Gasteiger partial charge in [0.2, 0.25) is 0 Å². The smallest absolute Gasteiger partial charge is 0.145 e. The summed E-state index contributed by atoms with van der Waals surface area (Å²) in [5.41, 5.74) is 6.91. The van der Waals surface area contributed by atoms with Crippen LogP contribution < -0.4 is 10.5 Å². The molecule has 0 aliphatic heterocycles. The fourth-order valence-electron chi connectivity index (χ4n) is 1.48. The Kier molecular flexibility index (Phi) is 3.99. The van der Waals surface area contributed by atoms with Gasteiger partial charge in [-0.15, -0.1) is 0 Å². The highest BCUT2D eigenvalue weighted by atomic mass is 35.5. The summed E-state index contributed by atoms with van der Waals surface area (Å²) in [5, 5.41) is -0.00965. The molecule has 1 aromatic heterocycles. The number of benzene rings is 1. The predicted molar refractivity (Wildman–Crippen MR) is 69.3 cm³/mol. The van der Waals surface area contributed by atoms with Crippen LogP contribution in [0.1, 0.15) is 5.69 Å². The number of nitrogens with two attached hydrogens (primary N) is 1. The van der Waals surface area contributed by atoms with Crippen LogP contribution in [0, 0.1) is 5.82 Å². The van der Waals surface area contributed by atoms with Gasteiger partial charge in [-0.25, -0.2) is 4.39 Å². The van der Waals surface area contributed by atoms with E-state index >= 15 is 0 Å². The molecule has 0 saturated heterocycles. The maximum atomic E-state index is 13.2. The van der Waals surface area contributed by atoms with Gasteiger partial charge in [-0.3, -0.25) is 4.98 Å². The zero-order chi connectivity index (χ0) is 13.0. The molecule has 0 amide bonds. The van der Waals surface area contributed by atoms with E-state index in [0.29, 0.717) is 24.5 Å². The number of aromatic nitrogens is 1. The lowest BCUT2D eigenvalue weighted by Crippen LogP contribution is -2.05. The second kappa shape index (κ2) is 5.69. The predicted octanol–water partition coefficient (Wildman–Crippen LogP) is 3.08. The van der Waals surface area contributed by atoms with Crippen LogP contribution in [0.5, 0.6) is 5.75 Å². The Morgan fingerprint density at radius 1 is 1.33 bits per heavy atom. The molecule has 2 N–H and O–H groups in total. The molecule has 0 fully saturated rings. The van der Waals surface area contributed by atoms with E-state index < -0.39 is 5.82 Å². The van der Waals surface area contributed by atoms with Crippen LogP contribution in [-0.2, 0) is 6.42 Å². The molecule has 18 heavy (non-hydrogen) atoms. The van der Waals surface area contributed by atoms with Crippen molar-refractivity contribution in [2.24, 2.45) is 0 Å². The second-order valence-electron chi connectivity index (χ2n) is 3.72. The number of ether oxygens (including phenoxy) is 1. The molecule has 0 spiro atoms. The first kappa shape index (κ1) is 12.6. The van der Waals surface area contributed by atoms with Crippen molar-refractivity contribution in [3.63, 3.8) is 0 Å². The van der Waals surface area contributed by atoms with Crippen molar-refractivity contribution in [1.29, 1.82) is 0 Å². The molecule has 0 saturated carbocycles. The number of nitrogen functional groups attached to an aromatic ring is 1. The van der Waals surface area contributed by atoms with Crippen LogP contribution >= 0.6 is 11.6 Å². The van der Waals surface area contributed by atoms with Crippen molar-refractivity contribution in [2.45, 2.75) is 6.42 Å². The first-order valence-electron chi connectivity index (χ1n) is 5.44. The summed E-state index contributed by atoms with van der Waals surface area (Å²) < 4.78 is 18.6. The summed E-state index contributed by atoms with van der Waals surface area (Å²) in [6.45, 7) is 0.377. The largest absolute Gasteiger partial charge is 0.491 e. The molecule has 0 radical (unpaired) electrons. The molecule has 2 rings (SSSR count). The topological polar surface area (TPSA) is 48.1 Å². The van der Waals surface area contributed by atoms with Crippen LogP contribution in [0.15, 0.2) is 36.5 Å². The molecule has 94 valence electrons.